The molecule has 8 aromatic carbocycles. The topological polar surface area (TPSA) is 3.24 Å². The fourth-order valence-corrected chi connectivity index (χ4v) is 8.29. The number of fused-ring (bicyclic) bond motifs is 6. The van der Waals surface area contributed by atoms with Gasteiger partial charge >= 0.3 is 0 Å². The van der Waals surface area contributed by atoms with Gasteiger partial charge in [0, 0.05) is 17.1 Å². The standard InChI is InChI=1S/C48H37N/c1-30-15-13-16-31(2)43(30)45-39-23-11-12-24-40(39)46(44-32(3)17-14-18-33(44)4)48-42-29-35-27-38(26-25-34(35)28-41(42)47(45)48)49(36-19-7-5-8-20-36)37-21-9-6-10-22-37/h5-29H,1-4H3. The number of hydrogen-bond acceptors (Lipinski definition) is 1. The lowest BCUT2D eigenvalue weighted by Crippen LogP contribution is -2.10. The summed E-state index contributed by atoms with van der Waals surface area (Å²) in [6.07, 6.45) is 0. The van der Waals surface area contributed by atoms with Crippen LogP contribution in [0.5, 0.6) is 0 Å². The van der Waals surface area contributed by atoms with Crippen LogP contribution in [0.4, 0.5) is 17.1 Å². The Kier molecular flexibility index (Phi) is 6.78. The molecular formula is C48H37N. The van der Waals surface area contributed by atoms with Gasteiger partial charge in [0.25, 0.3) is 0 Å². The Bertz CT molecular complexity index is 2500. The van der Waals surface area contributed by atoms with E-state index in [-0.39, 0.29) is 0 Å². The molecule has 0 saturated carbocycles. The van der Waals surface area contributed by atoms with Crippen molar-refractivity contribution in [2.45, 2.75) is 27.7 Å². The summed E-state index contributed by atoms with van der Waals surface area (Å²) >= 11 is 0. The third-order valence-corrected chi connectivity index (χ3v) is 10.5. The predicted octanol–water partition coefficient (Wildman–Crippen LogP) is 13.7. The first kappa shape index (κ1) is 29.2. The lowest BCUT2D eigenvalue weighted by molar-refractivity contribution is 1.29. The molecule has 0 radical (unpaired) electrons. The molecule has 9 rings (SSSR count). The van der Waals surface area contributed by atoms with Crippen molar-refractivity contribution in [1.82, 2.24) is 0 Å². The fourth-order valence-electron chi connectivity index (χ4n) is 8.29. The van der Waals surface area contributed by atoms with Gasteiger partial charge < -0.3 is 4.90 Å². The molecule has 234 valence electrons. The highest BCUT2D eigenvalue weighted by molar-refractivity contribution is 6.26. The number of aryl methyl sites for hydroxylation is 4. The van der Waals surface area contributed by atoms with E-state index in [1.165, 1.54) is 88.3 Å². The Morgan fingerprint density at radius 2 is 0.735 bits per heavy atom. The highest BCUT2D eigenvalue weighted by Gasteiger charge is 2.34. The average Bonchev–Trinajstić information content (AvgIpc) is 3.12. The molecule has 1 aliphatic carbocycles. The second-order valence-electron chi connectivity index (χ2n) is 13.5. The molecule has 0 spiro atoms. The maximum atomic E-state index is 2.45. The van der Waals surface area contributed by atoms with Crippen LogP contribution in [-0.2, 0) is 0 Å². The lowest BCUT2D eigenvalue weighted by atomic mass is 9.68. The Hall–Kier alpha value is -5.92. The molecule has 0 bridgehead atoms. The summed E-state index contributed by atoms with van der Waals surface area (Å²) in [6.45, 7) is 9.04. The first-order valence-corrected chi connectivity index (χ1v) is 17.2. The maximum absolute atomic E-state index is 2.45. The van der Waals surface area contributed by atoms with Crippen molar-refractivity contribution in [2.75, 3.05) is 4.90 Å². The normalized spacial score (nSPS) is 11.7. The van der Waals surface area contributed by atoms with Gasteiger partial charge in [-0.25, -0.2) is 0 Å². The van der Waals surface area contributed by atoms with E-state index in [2.05, 4.69) is 184 Å². The molecule has 0 aliphatic heterocycles. The summed E-state index contributed by atoms with van der Waals surface area (Å²) in [5.41, 5.74) is 19.5. The van der Waals surface area contributed by atoms with Gasteiger partial charge in [-0.1, -0.05) is 103 Å². The summed E-state index contributed by atoms with van der Waals surface area (Å²) < 4.78 is 0. The monoisotopic (exact) mass is 627 g/mol. The van der Waals surface area contributed by atoms with Crippen LogP contribution in [0.25, 0.3) is 66.1 Å². The smallest absolute Gasteiger partial charge is 0.0468 e. The molecule has 0 atom stereocenters. The van der Waals surface area contributed by atoms with Crippen molar-refractivity contribution in [3.05, 3.63) is 174 Å². The zero-order chi connectivity index (χ0) is 33.2. The van der Waals surface area contributed by atoms with E-state index in [1.807, 2.05) is 0 Å². The minimum Gasteiger partial charge on any atom is -0.310 e. The Labute approximate surface area is 288 Å². The summed E-state index contributed by atoms with van der Waals surface area (Å²) in [5.74, 6) is 0. The lowest BCUT2D eigenvalue weighted by Gasteiger charge is -2.34. The number of rotatable bonds is 5. The van der Waals surface area contributed by atoms with E-state index in [0.29, 0.717) is 0 Å². The number of hydrogen-bond donors (Lipinski definition) is 0. The number of benzene rings is 8. The quantitative estimate of drug-likeness (QED) is 0.183. The summed E-state index contributed by atoms with van der Waals surface area (Å²) in [7, 11) is 0. The molecule has 0 saturated heterocycles. The van der Waals surface area contributed by atoms with E-state index < -0.39 is 0 Å². The first-order valence-electron chi connectivity index (χ1n) is 17.2. The minimum absolute atomic E-state index is 1.14. The van der Waals surface area contributed by atoms with E-state index >= 15 is 0 Å². The molecular weight excluding hydrogens is 591 g/mol. The van der Waals surface area contributed by atoms with Gasteiger partial charge in [0.1, 0.15) is 0 Å². The van der Waals surface area contributed by atoms with Crippen LogP contribution < -0.4 is 4.90 Å². The first-order chi connectivity index (χ1) is 24.0. The molecule has 0 fully saturated rings. The molecule has 0 N–H and O–H groups in total. The number of anilines is 3. The molecule has 49 heavy (non-hydrogen) atoms. The maximum Gasteiger partial charge on any atom is 0.0468 e. The third-order valence-electron chi connectivity index (χ3n) is 10.5. The average molecular weight is 628 g/mol. The van der Waals surface area contributed by atoms with Crippen molar-refractivity contribution in [3.63, 3.8) is 0 Å². The number of para-hydroxylation sites is 2. The van der Waals surface area contributed by atoms with E-state index in [0.717, 1.165) is 17.1 Å². The van der Waals surface area contributed by atoms with Crippen molar-refractivity contribution >= 4 is 38.6 Å². The highest BCUT2D eigenvalue weighted by atomic mass is 15.1. The summed E-state index contributed by atoms with van der Waals surface area (Å²) in [6, 6.07) is 55.6. The van der Waals surface area contributed by atoms with Crippen LogP contribution in [-0.4, -0.2) is 0 Å². The van der Waals surface area contributed by atoms with Gasteiger partial charge in [0.2, 0.25) is 0 Å². The van der Waals surface area contributed by atoms with E-state index in [1.54, 1.807) is 0 Å². The molecule has 0 unspecified atom stereocenters. The second-order valence-corrected chi connectivity index (χ2v) is 13.5. The minimum atomic E-state index is 1.14. The van der Waals surface area contributed by atoms with Crippen molar-refractivity contribution < 1.29 is 0 Å². The zero-order valence-corrected chi connectivity index (χ0v) is 28.4. The van der Waals surface area contributed by atoms with Crippen molar-refractivity contribution in [2.24, 2.45) is 0 Å². The summed E-state index contributed by atoms with van der Waals surface area (Å²) in [4.78, 5) is 2.35. The predicted molar refractivity (Wildman–Crippen MR) is 210 cm³/mol. The molecule has 1 aliphatic rings. The fraction of sp³-hybridized carbons (Fsp3) is 0.0833. The van der Waals surface area contributed by atoms with Crippen LogP contribution in [0, 0.1) is 27.7 Å². The molecule has 8 aromatic rings. The van der Waals surface area contributed by atoms with Gasteiger partial charge in [0.15, 0.2) is 0 Å². The third kappa shape index (κ3) is 4.54. The van der Waals surface area contributed by atoms with Crippen LogP contribution in [0.1, 0.15) is 22.3 Å². The molecule has 1 nitrogen and oxygen atoms in total. The Balaban J connectivity index is 1.34. The van der Waals surface area contributed by atoms with Gasteiger partial charge in [-0.05, 0) is 165 Å². The summed E-state index contributed by atoms with van der Waals surface area (Å²) in [5, 5.41) is 5.13. The van der Waals surface area contributed by atoms with Gasteiger partial charge in [-0.3, -0.25) is 0 Å². The largest absolute Gasteiger partial charge is 0.310 e. The highest BCUT2D eigenvalue weighted by Crippen LogP contribution is 2.61. The molecule has 1 heteroatoms. The SMILES string of the molecule is Cc1cccc(C)c1-c1c2c(c(-c3c(C)cccc3C)c3ccccc13)-c1cc3cc(N(c4ccccc4)c4ccccc4)ccc3cc1-2. The van der Waals surface area contributed by atoms with Gasteiger partial charge in [-0.15, -0.1) is 0 Å². The van der Waals surface area contributed by atoms with Crippen molar-refractivity contribution in [1.29, 1.82) is 0 Å². The zero-order valence-electron chi connectivity index (χ0n) is 28.4. The second kappa shape index (κ2) is 11.4. The van der Waals surface area contributed by atoms with Crippen LogP contribution in [0.3, 0.4) is 0 Å². The van der Waals surface area contributed by atoms with Crippen LogP contribution in [0.15, 0.2) is 152 Å². The molecule has 0 heterocycles. The van der Waals surface area contributed by atoms with E-state index in [9.17, 15) is 0 Å². The van der Waals surface area contributed by atoms with Crippen LogP contribution in [0.2, 0.25) is 0 Å². The van der Waals surface area contributed by atoms with Gasteiger partial charge in [0.05, 0.1) is 0 Å². The molecule has 0 aromatic heterocycles. The van der Waals surface area contributed by atoms with Crippen LogP contribution >= 0.6 is 0 Å². The van der Waals surface area contributed by atoms with E-state index in [4.69, 9.17) is 0 Å². The number of nitrogens with zero attached hydrogens (tertiary/aromatic N) is 1. The van der Waals surface area contributed by atoms with Crippen molar-refractivity contribution in [3.8, 4) is 44.5 Å². The Morgan fingerprint density at radius 1 is 0.306 bits per heavy atom. The molecule has 0 amide bonds. The Morgan fingerprint density at radius 3 is 1.20 bits per heavy atom. The van der Waals surface area contributed by atoms with Gasteiger partial charge in [-0.2, -0.15) is 0 Å².